The minimum atomic E-state index is -2.90. The molecule has 39 heavy (non-hydrogen) atoms. The van der Waals surface area contributed by atoms with E-state index in [2.05, 4.69) is 25.3 Å². The van der Waals surface area contributed by atoms with Gasteiger partial charge in [-0.25, -0.2) is 28.5 Å². The van der Waals surface area contributed by atoms with Gasteiger partial charge in [-0.05, 0) is 76.6 Å². The van der Waals surface area contributed by atoms with Crippen molar-refractivity contribution in [2.24, 2.45) is 5.41 Å². The number of alkyl halides is 2. The Labute approximate surface area is 226 Å². The zero-order chi connectivity index (χ0) is 27.9. The van der Waals surface area contributed by atoms with Crippen molar-refractivity contribution in [1.82, 2.24) is 19.9 Å². The number of pyridine rings is 2. The number of fused-ring (bicyclic) bond motifs is 3. The molecule has 2 bridgehead atoms. The van der Waals surface area contributed by atoms with Crippen LogP contribution in [0.15, 0.2) is 49.1 Å². The van der Waals surface area contributed by atoms with E-state index in [1.54, 1.807) is 50.6 Å². The van der Waals surface area contributed by atoms with E-state index in [4.69, 9.17) is 4.74 Å². The van der Waals surface area contributed by atoms with Gasteiger partial charge in [0.15, 0.2) is 5.82 Å². The van der Waals surface area contributed by atoms with Gasteiger partial charge in [0.1, 0.15) is 5.82 Å². The third kappa shape index (κ3) is 5.75. The summed E-state index contributed by atoms with van der Waals surface area (Å²) >= 11 is 0. The maximum atomic E-state index is 13.6. The van der Waals surface area contributed by atoms with Crippen LogP contribution in [0.5, 0.6) is 0 Å². The lowest BCUT2D eigenvalue weighted by Crippen LogP contribution is -2.47. The lowest BCUT2D eigenvalue weighted by molar-refractivity contribution is -0.0130. The number of carbonyl (C=O) groups is 1. The Morgan fingerprint density at radius 2 is 1.59 bits per heavy atom. The molecular weight excluding hydrogens is 504 g/mol. The fraction of sp³-hybridized carbons (Fsp3) is 0.483. The molecule has 0 radical (unpaired) electrons. The van der Waals surface area contributed by atoms with E-state index in [0.717, 1.165) is 51.1 Å². The zero-order valence-electron chi connectivity index (χ0n) is 22.4. The molecule has 0 spiro atoms. The number of nitrogens with one attached hydrogen (secondary N) is 1. The van der Waals surface area contributed by atoms with Crippen molar-refractivity contribution in [3.8, 4) is 11.4 Å². The molecule has 0 unspecified atom stereocenters. The van der Waals surface area contributed by atoms with E-state index in [-0.39, 0.29) is 16.4 Å². The summed E-state index contributed by atoms with van der Waals surface area (Å²) in [6.07, 6.45) is 10.8. The molecule has 2 N–H and O–H groups in total. The highest BCUT2D eigenvalue weighted by atomic mass is 19.3. The number of nitrogens with zero attached hydrogens (tertiary/aromatic N) is 4. The van der Waals surface area contributed by atoms with Crippen molar-refractivity contribution >= 4 is 11.9 Å². The van der Waals surface area contributed by atoms with E-state index >= 15 is 0 Å². The van der Waals surface area contributed by atoms with Crippen LogP contribution < -0.4 is 5.32 Å². The third-order valence-corrected chi connectivity index (χ3v) is 8.33. The van der Waals surface area contributed by atoms with E-state index < -0.39 is 17.6 Å². The standard InChI is InChI=1S/C29H33F2N5O3/c1-26(2,38)21-16-34-24(35-17-21)19-6-13-32-23(14-19)36-25(37)39-18-28-7-10-29(11-8-28,12-9-28)22-5-4-20(15-33-22)27(3,30)31/h4-6,13-17,38H,7-12,18H2,1-3H3,(H,32,36,37). The number of halogens is 2. The summed E-state index contributed by atoms with van der Waals surface area (Å²) in [4.78, 5) is 29.9. The van der Waals surface area contributed by atoms with E-state index in [9.17, 15) is 18.7 Å². The van der Waals surface area contributed by atoms with Crippen molar-refractivity contribution in [2.75, 3.05) is 11.9 Å². The molecule has 3 heterocycles. The maximum Gasteiger partial charge on any atom is 0.412 e. The molecule has 0 saturated heterocycles. The third-order valence-electron chi connectivity index (χ3n) is 8.33. The molecule has 0 atom stereocenters. The molecule has 3 aromatic rings. The Bertz CT molecular complexity index is 1310. The summed E-state index contributed by atoms with van der Waals surface area (Å²) in [5.74, 6) is -2.13. The number of ether oxygens (including phenoxy) is 1. The Hall–Kier alpha value is -3.53. The zero-order valence-corrected chi connectivity index (χ0v) is 22.4. The molecule has 206 valence electrons. The number of hydrogen-bond donors (Lipinski definition) is 2. The molecule has 3 aromatic heterocycles. The maximum absolute atomic E-state index is 13.6. The van der Waals surface area contributed by atoms with Gasteiger partial charge in [-0.15, -0.1) is 0 Å². The fourth-order valence-corrected chi connectivity index (χ4v) is 5.62. The molecule has 3 aliphatic rings. The van der Waals surface area contributed by atoms with Crippen molar-refractivity contribution in [3.05, 3.63) is 65.9 Å². The number of aliphatic hydroxyl groups is 1. The first-order valence-electron chi connectivity index (χ1n) is 13.2. The summed E-state index contributed by atoms with van der Waals surface area (Å²) in [5, 5.41) is 12.8. The van der Waals surface area contributed by atoms with Crippen LogP contribution >= 0.6 is 0 Å². The first-order chi connectivity index (χ1) is 18.4. The summed E-state index contributed by atoms with van der Waals surface area (Å²) in [6.45, 7) is 4.52. The van der Waals surface area contributed by atoms with Gasteiger partial charge >= 0.3 is 6.09 Å². The summed E-state index contributed by atoms with van der Waals surface area (Å²) < 4.78 is 32.8. The van der Waals surface area contributed by atoms with Gasteiger partial charge in [0.2, 0.25) is 0 Å². The highest BCUT2D eigenvalue weighted by Gasteiger charge is 2.50. The predicted molar refractivity (Wildman–Crippen MR) is 141 cm³/mol. The topological polar surface area (TPSA) is 110 Å². The first-order valence-corrected chi connectivity index (χ1v) is 13.2. The minimum Gasteiger partial charge on any atom is -0.449 e. The predicted octanol–water partition coefficient (Wildman–Crippen LogP) is 6.11. The average molecular weight is 538 g/mol. The van der Waals surface area contributed by atoms with Gasteiger partial charge in [0, 0.05) is 64.9 Å². The van der Waals surface area contributed by atoms with Gasteiger partial charge in [-0.3, -0.25) is 10.3 Å². The Balaban J connectivity index is 1.16. The SMILES string of the molecule is CC(C)(O)c1cnc(-c2ccnc(NC(=O)OCC34CCC(c5ccc(C(C)(F)F)cn5)(CC3)CC4)c2)nc1. The largest absolute Gasteiger partial charge is 0.449 e. The monoisotopic (exact) mass is 537 g/mol. The van der Waals surface area contributed by atoms with Crippen molar-refractivity contribution in [2.45, 2.75) is 76.2 Å². The van der Waals surface area contributed by atoms with Crippen LogP contribution in [0.25, 0.3) is 11.4 Å². The molecule has 6 rings (SSSR count). The van der Waals surface area contributed by atoms with Crippen LogP contribution in [0.1, 0.15) is 76.1 Å². The molecule has 3 fully saturated rings. The van der Waals surface area contributed by atoms with Crippen molar-refractivity contribution < 1.29 is 23.4 Å². The molecule has 10 heteroatoms. The molecule has 8 nitrogen and oxygen atoms in total. The number of aromatic nitrogens is 4. The van der Waals surface area contributed by atoms with Crippen LogP contribution in [0.2, 0.25) is 0 Å². The number of carbonyl (C=O) groups excluding carboxylic acids is 1. The number of amides is 1. The Morgan fingerprint density at radius 3 is 2.15 bits per heavy atom. The molecule has 0 aliphatic heterocycles. The molecular formula is C29H33F2N5O3. The highest BCUT2D eigenvalue weighted by Crippen LogP contribution is 2.57. The lowest BCUT2D eigenvalue weighted by Gasteiger charge is -2.52. The van der Waals surface area contributed by atoms with Crippen LogP contribution in [-0.2, 0) is 21.7 Å². The van der Waals surface area contributed by atoms with Crippen LogP contribution in [0, 0.1) is 5.41 Å². The Kier molecular flexibility index (Phi) is 6.86. The number of anilines is 1. The van der Waals surface area contributed by atoms with Gasteiger partial charge in [0.25, 0.3) is 5.92 Å². The second kappa shape index (κ2) is 9.89. The molecule has 0 aromatic carbocycles. The molecule has 3 saturated carbocycles. The van der Waals surface area contributed by atoms with E-state index in [1.165, 1.54) is 12.3 Å². The van der Waals surface area contributed by atoms with Gasteiger partial charge in [0.05, 0.1) is 12.2 Å². The second-order valence-corrected chi connectivity index (χ2v) is 11.6. The minimum absolute atomic E-state index is 0.0702. The van der Waals surface area contributed by atoms with Crippen LogP contribution in [0.4, 0.5) is 19.4 Å². The first kappa shape index (κ1) is 27.1. The number of rotatable bonds is 7. The van der Waals surface area contributed by atoms with E-state index in [0.29, 0.717) is 29.4 Å². The van der Waals surface area contributed by atoms with E-state index in [1.807, 2.05) is 0 Å². The van der Waals surface area contributed by atoms with Crippen molar-refractivity contribution in [1.29, 1.82) is 0 Å². The average Bonchev–Trinajstić information content (AvgIpc) is 2.92. The fourth-order valence-electron chi connectivity index (χ4n) is 5.62. The summed E-state index contributed by atoms with van der Waals surface area (Å²) in [7, 11) is 0. The smallest absolute Gasteiger partial charge is 0.412 e. The second-order valence-electron chi connectivity index (χ2n) is 11.6. The molecule has 3 aliphatic carbocycles. The lowest BCUT2D eigenvalue weighted by atomic mass is 9.53. The van der Waals surface area contributed by atoms with Gasteiger partial charge < -0.3 is 9.84 Å². The van der Waals surface area contributed by atoms with Crippen LogP contribution in [0.3, 0.4) is 0 Å². The van der Waals surface area contributed by atoms with Gasteiger partial charge in [-0.2, -0.15) is 0 Å². The van der Waals surface area contributed by atoms with Gasteiger partial charge in [-0.1, -0.05) is 0 Å². The Morgan fingerprint density at radius 1 is 0.949 bits per heavy atom. The summed E-state index contributed by atoms with van der Waals surface area (Å²) in [6, 6.07) is 6.64. The van der Waals surface area contributed by atoms with Crippen molar-refractivity contribution in [3.63, 3.8) is 0 Å². The molecule has 1 amide bonds. The normalized spacial score (nSPS) is 22.9. The van der Waals surface area contributed by atoms with Crippen LogP contribution in [-0.4, -0.2) is 37.7 Å². The highest BCUT2D eigenvalue weighted by molar-refractivity contribution is 5.84. The quantitative estimate of drug-likeness (QED) is 0.374. The summed E-state index contributed by atoms with van der Waals surface area (Å²) in [5.41, 5.74) is 0.860. The number of hydrogen-bond acceptors (Lipinski definition) is 7.